The molecule has 4 aromatic carbocycles. The summed E-state index contributed by atoms with van der Waals surface area (Å²) in [6.07, 6.45) is 9.24. The smallest absolute Gasteiger partial charge is 0.242 e. The van der Waals surface area contributed by atoms with Gasteiger partial charge in [-0.15, -0.1) is 24.3 Å². The maximum Gasteiger partial charge on any atom is 0.242 e. The Hall–Kier alpha value is -5.52. The molecule has 48 heavy (non-hydrogen) atoms. The van der Waals surface area contributed by atoms with Crippen LogP contribution in [0.4, 0.5) is 17.6 Å². The summed E-state index contributed by atoms with van der Waals surface area (Å²) in [5, 5.41) is 10.8. The van der Waals surface area contributed by atoms with Crippen molar-refractivity contribution < 1.29 is 46.8 Å². The Labute approximate surface area is 285 Å². The van der Waals surface area contributed by atoms with Gasteiger partial charge in [0.05, 0.1) is 41.9 Å². The van der Waals surface area contributed by atoms with E-state index in [1.54, 1.807) is 21.5 Å². The number of imidazole rings is 2. The molecular weight excluding hydrogens is 801 g/mol. The van der Waals surface area contributed by atoms with Crippen LogP contribution in [0.3, 0.4) is 0 Å². The first-order valence-electron chi connectivity index (χ1n) is 14.0. The minimum absolute atomic E-state index is 0. The number of nitrogens with zero attached hydrogens (tertiary/aromatic N) is 8. The molecule has 4 heterocycles. The zero-order valence-electron chi connectivity index (χ0n) is 25.2. The number of aryl methyl sites for hydroxylation is 2. The third-order valence-corrected chi connectivity index (χ3v) is 6.90. The van der Waals surface area contributed by atoms with Crippen molar-refractivity contribution in [3.8, 4) is 22.8 Å². The Morgan fingerprint density at radius 3 is 1.62 bits per heavy atom. The molecule has 13 heteroatoms. The van der Waals surface area contributed by atoms with Crippen LogP contribution in [-0.4, -0.2) is 24.4 Å². The third-order valence-electron chi connectivity index (χ3n) is 6.90. The van der Waals surface area contributed by atoms with Gasteiger partial charge in [0.1, 0.15) is 0 Å². The van der Waals surface area contributed by atoms with Crippen LogP contribution in [0.15, 0.2) is 103 Å². The van der Waals surface area contributed by atoms with Crippen LogP contribution in [0.2, 0.25) is 0 Å². The molecule has 0 fully saturated rings. The van der Waals surface area contributed by atoms with Crippen molar-refractivity contribution in [1.82, 2.24) is 29.5 Å². The molecule has 0 aliphatic carbocycles. The van der Waals surface area contributed by atoms with Crippen LogP contribution >= 0.6 is 0 Å². The van der Waals surface area contributed by atoms with Gasteiger partial charge in [0.25, 0.3) is 0 Å². The molecule has 0 saturated heterocycles. The number of hydrogen-bond acceptors (Lipinski definition) is 3. The van der Waals surface area contributed by atoms with Crippen LogP contribution in [0.25, 0.3) is 44.8 Å². The summed E-state index contributed by atoms with van der Waals surface area (Å²) < 4.78 is 59.9. The summed E-state index contributed by atoms with van der Waals surface area (Å²) in [5.74, 6) is -2.60. The Bertz CT molecular complexity index is 2160. The van der Waals surface area contributed by atoms with E-state index in [0.717, 1.165) is 52.0 Å². The van der Waals surface area contributed by atoms with E-state index in [0.29, 0.717) is 5.69 Å². The molecular formula is C35H23F4IrN8-3. The Balaban J connectivity index is 0.000000144. The Kier molecular flexibility index (Phi) is 10.5. The second kappa shape index (κ2) is 14.9. The third kappa shape index (κ3) is 7.22. The minimum atomic E-state index is -0.660. The maximum absolute atomic E-state index is 13.8. The van der Waals surface area contributed by atoms with E-state index in [9.17, 15) is 17.6 Å². The Morgan fingerprint density at radius 1 is 0.688 bits per heavy atom. The van der Waals surface area contributed by atoms with Crippen molar-refractivity contribution >= 4 is 22.1 Å². The summed E-state index contributed by atoms with van der Waals surface area (Å²) in [6, 6.07) is 29.7. The van der Waals surface area contributed by atoms with Crippen LogP contribution < -0.4 is 14.2 Å². The van der Waals surface area contributed by atoms with E-state index in [-0.39, 0.29) is 31.5 Å². The van der Waals surface area contributed by atoms with E-state index in [2.05, 4.69) is 45.2 Å². The minimum Gasteiger partial charge on any atom is -0.358 e. The van der Waals surface area contributed by atoms with E-state index in [4.69, 9.17) is 0 Å². The summed E-state index contributed by atoms with van der Waals surface area (Å²) in [5.41, 5.74) is 5.25. The van der Waals surface area contributed by atoms with E-state index >= 15 is 0 Å². The molecule has 0 aliphatic heterocycles. The van der Waals surface area contributed by atoms with E-state index < -0.39 is 23.3 Å². The summed E-state index contributed by atoms with van der Waals surface area (Å²) in [7, 11) is 3.64. The van der Waals surface area contributed by atoms with Crippen molar-refractivity contribution in [2.75, 3.05) is 0 Å². The molecule has 0 aliphatic rings. The van der Waals surface area contributed by atoms with Crippen molar-refractivity contribution in [2.24, 2.45) is 14.1 Å². The van der Waals surface area contributed by atoms with Gasteiger partial charge in [0.15, 0.2) is 0 Å². The van der Waals surface area contributed by atoms with Crippen LogP contribution in [0.5, 0.6) is 0 Å². The zero-order chi connectivity index (χ0) is 32.9. The molecule has 0 saturated carbocycles. The summed E-state index contributed by atoms with van der Waals surface area (Å²) in [6.45, 7) is 0. The molecule has 0 atom stereocenters. The van der Waals surface area contributed by atoms with Crippen molar-refractivity contribution in [2.45, 2.75) is 0 Å². The second-order valence-corrected chi connectivity index (χ2v) is 10.0. The molecule has 0 spiro atoms. The number of aromatic nitrogens is 8. The molecule has 0 amide bonds. The summed E-state index contributed by atoms with van der Waals surface area (Å²) >= 11 is 0. The Morgan fingerprint density at radius 2 is 1.19 bits per heavy atom. The number of para-hydroxylation sites is 4. The molecule has 8 rings (SSSR count). The second-order valence-electron chi connectivity index (χ2n) is 10.0. The molecule has 0 unspecified atom stereocenters. The van der Waals surface area contributed by atoms with E-state index in [1.807, 2.05) is 80.8 Å². The first-order chi connectivity index (χ1) is 22.8. The number of benzene rings is 4. The molecule has 8 aromatic rings. The fraction of sp³-hybridized carbons (Fsp3) is 0.0571. The fourth-order valence-corrected chi connectivity index (χ4v) is 4.76. The van der Waals surface area contributed by atoms with Gasteiger partial charge in [0.2, 0.25) is 12.7 Å². The van der Waals surface area contributed by atoms with Crippen molar-refractivity contribution in [1.29, 1.82) is 0 Å². The molecule has 0 bridgehead atoms. The number of halogens is 4. The van der Waals surface area contributed by atoms with Gasteiger partial charge in [-0.1, -0.05) is 60.8 Å². The van der Waals surface area contributed by atoms with Crippen LogP contribution in [-0.2, 0) is 34.2 Å². The van der Waals surface area contributed by atoms with Gasteiger partial charge in [-0.3, -0.25) is 27.8 Å². The van der Waals surface area contributed by atoms with E-state index in [1.165, 1.54) is 9.13 Å². The van der Waals surface area contributed by atoms with Gasteiger partial charge in [0, 0.05) is 49.6 Å². The monoisotopic (exact) mass is 824 g/mol. The number of pyridine rings is 1. The predicted octanol–water partition coefficient (Wildman–Crippen LogP) is 5.16. The standard InChI is InChI=1S/2C14H9F2N2.C7H5N4.Ir/c2*1-17-9-18(14-5-3-2-4-13(14)17)12-7-6-10(15)8-11(12)16;1-2-4-8-6(3-1)7-5-9-11-10-7;/h2*2-6,8H,1H3;1-5H;/q3*-1;. The number of fused-ring (bicyclic) bond motifs is 2. The van der Waals surface area contributed by atoms with Gasteiger partial charge in [-0.2, -0.15) is 12.1 Å². The molecule has 0 N–H and O–H groups in total. The van der Waals surface area contributed by atoms with Gasteiger partial charge >= 0.3 is 0 Å². The molecule has 243 valence electrons. The topological polar surface area (TPSA) is 70.4 Å². The number of rotatable bonds is 3. The van der Waals surface area contributed by atoms with Crippen LogP contribution in [0.1, 0.15) is 0 Å². The van der Waals surface area contributed by atoms with Crippen LogP contribution in [0, 0.1) is 48.1 Å². The molecule has 1 radical (unpaired) electrons. The average Bonchev–Trinajstić information content (AvgIpc) is 3.82. The average molecular weight is 824 g/mol. The SMILES string of the molecule is C[n+]1[c-]n(-c2[c-]cc(F)cc2F)c2ccccc21.C[n+]1[c-]n(-c2[c-]cc(F)cc2F)c2ccccc21.[Ir].c1ccc(-c2cnn[n-]2)nc1. The van der Waals surface area contributed by atoms with Gasteiger partial charge in [-0.25, -0.2) is 0 Å². The van der Waals surface area contributed by atoms with Crippen molar-refractivity contribution in [3.63, 3.8) is 0 Å². The van der Waals surface area contributed by atoms with Crippen molar-refractivity contribution in [3.05, 3.63) is 151 Å². The quantitative estimate of drug-likeness (QED) is 0.140. The van der Waals surface area contributed by atoms with Gasteiger partial charge in [-0.05, 0) is 29.2 Å². The fourth-order valence-electron chi connectivity index (χ4n) is 4.76. The summed E-state index contributed by atoms with van der Waals surface area (Å²) in [4.78, 5) is 4.08. The molecule has 4 aromatic heterocycles. The zero-order valence-corrected chi connectivity index (χ0v) is 27.6. The molecule has 8 nitrogen and oxygen atoms in total. The van der Waals surface area contributed by atoms with Gasteiger partial charge < -0.3 is 28.5 Å². The largest absolute Gasteiger partial charge is 0.358 e. The first-order valence-corrected chi connectivity index (χ1v) is 14.0. The number of hydrogen-bond donors (Lipinski definition) is 0. The first kappa shape index (κ1) is 33.8. The predicted molar refractivity (Wildman–Crippen MR) is 163 cm³/mol. The maximum atomic E-state index is 13.8. The normalized spacial score (nSPS) is 10.5.